The number of nitrogens with zero attached hydrogens (tertiary/aromatic N) is 7. The fourth-order valence-corrected chi connectivity index (χ4v) is 2.88. The molecule has 0 atom stereocenters. The maximum atomic E-state index is 14.0. The first-order chi connectivity index (χ1) is 13.2. The number of halogens is 1. The van der Waals surface area contributed by atoms with Crippen molar-refractivity contribution >= 4 is 12.6 Å². The summed E-state index contributed by atoms with van der Waals surface area (Å²) in [5, 5.41) is 25.9. The van der Waals surface area contributed by atoms with Gasteiger partial charge in [0.1, 0.15) is 16.5 Å². The zero-order valence-electron chi connectivity index (χ0n) is 13.9. The standard InChI is InChI=1S/C18H12FN7S/c19-15-3-1-2-4-16(15)26-18(27)14(10-21-26)17-22-24-25(23-17)11-13-7-5-12(9-20)6-8-13/h1-8,10,27H,11H2. The fourth-order valence-electron chi connectivity index (χ4n) is 2.57. The molecule has 0 saturated heterocycles. The summed E-state index contributed by atoms with van der Waals surface area (Å²) >= 11 is 4.45. The van der Waals surface area contributed by atoms with Crippen molar-refractivity contribution in [1.82, 2.24) is 30.0 Å². The van der Waals surface area contributed by atoms with Gasteiger partial charge in [0, 0.05) is 0 Å². The van der Waals surface area contributed by atoms with Crippen molar-refractivity contribution in [2.24, 2.45) is 0 Å². The highest BCUT2D eigenvalue weighted by Crippen LogP contribution is 2.26. The summed E-state index contributed by atoms with van der Waals surface area (Å²) in [6.45, 7) is 0.405. The van der Waals surface area contributed by atoms with Crippen molar-refractivity contribution in [3.8, 4) is 23.1 Å². The largest absolute Gasteiger partial charge is 0.224 e. The van der Waals surface area contributed by atoms with Gasteiger partial charge in [-0.15, -0.1) is 22.8 Å². The van der Waals surface area contributed by atoms with E-state index in [4.69, 9.17) is 5.26 Å². The van der Waals surface area contributed by atoms with Crippen LogP contribution in [0.2, 0.25) is 0 Å². The molecule has 0 unspecified atom stereocenters. The predicted octanol–water partition coefficient (Wildman–Crippen LogP) is 2.87. The number of rotatable bonds is 4. The van der Waals surface area contributed by atoms with Crippen molar-refractivity contribution in [3.63, 3.8) is 0 Å². The van der Waals surface area contributed by atoms with E-state index in [1.165, 1.54) is 21.7 Å². The Morgan fingerprint density at radius 1 is 1.11 bits per heavy atom. The molecule has 0 bridgehead atoms. The van der Waals surface area contributed by atoms with E-state index in [2.05, 4.69) is 39.2 Å². The Morgan fingerprint density at radius 3 is 2.63 bits per heavy atom. The quantitative estimate of drug-likeness (QED) is 0.553. The van der Waals surface area contributed by atoms with Gasteiger partial charge in [0.2, 0.25) is 5.82 Å². The Labute approximate surface area is 159 Å². The van der Waals surface area contributed by atoms with Gasteiger partial charge in [0.15, 0.2) is 0 Å². The minimum atomic E-state index is -0.403. The summed E-state index contributed by atoms with van der Waals surface area (Å²) in [7, 11) is 0. The first kappa shape index (κ1) is 16.9. The van der Waals surface area contributed by atoms with Crippen molar-refractivity contribution in [2.75, 3.05) is 0 Å². The third kappa shape index (κ3) is 3.30. The molecule has 0 aliphatic rings. The molecule has 9 heteroatoms. The molecule has 0 spiro atoms. The van der Waals surface area contributed by atoms with E-state index in [0.29, 0.717) is 34.2 Å². The van der Waals surface area contributed by atoms with E-state index in [-0.39, 0.29) is 0 Å². The normalized spacial score (nSPS) is 10.7. The predicted molar refractivity (Wildman–Crippen MR) is 97.8 cm³/mol. The van der Waals surface area contributed by atoms with Crippen LogP contribution >= 0.6 is 12.6 Å². The van der Waals surface area contributed by atoms with Crippen LogP contribution in [0.15, 0.2) is 59.8 Å². The number of para-hydroxylation sites is 1. The Balaban J connectivity index is 1.60. The molecule has 2 aromatic carbocycles. The van der Waals surface area contributed by atoms with E-state index in [9.17, 15) is 4.39 Å². The van der Waals surface area contributed by atoms with Gasteiger partial charge in [-0.1, -0.05) is 24.3 Å². The second-order valence-corrected chi connectivity index (χ2v) is 6.12. The van der Waals surface area contributed by atoms with Crippen LogP contribution in [0.1, 0.15) is 11.1 Å². The molecule has 0 fully saturated rings. The minimum Gasteiger partial charge on any atom is -0.224 e. The molecule has 0 aliphatic carbocycles. The highest BCUT2D eigenvalue weighted by Gasteiger charge is 2.17. The van der Waals surface area contributed by atoms with Crippen LogP contribution in [0.5, 0.6) is 0 Å². The van der Waals surface area contributed by atoms with Crippen LogP contribution in [-0.4, -0.2) is 30.0 Å². The molecular formula is C18H12FN7S. The number of hydrogen-bond acceptors (Lipinski definition) is 6. The van der Waals surface area contributed by atoms with Crippen LogP contribution in [0.3, 0.4) is 0 Å². The number of hydrogen-bond donors (Lipinski definition) is 1. The van der Waals surface area contributed by atoms with Gasteiger partial charge < -0.3 is 0 Å². The Bertz CT molecular complexity index is 1140. The van der Waals surface area contributed by atoms with E-state index >= 15 is 0 Å². The summed E-state index contributed by atoms with van der Waals surface area (Å²) < 4.78 is 15.4. The van der Waals surface area contributed by atoms with Gasteiger partial charge in [-0.05, 0) is 35.0 Å². The Hall–Kier alpha value is -3.51. The summed E-state index contributed by atoms with van der Waals surface area (Å²) in [5.74, 6) is -0.0592. The number of aromatic nitrogens is 6. The van der Waals surface area contributed by atoms with Gasteiger partial charge in [-0.3, -0.25) is 0 Å². The lowest BCUT2D eigenvalue weighted by Gasteiger charge is -2.04. The highest BCUT2D eigenvalue weighted by molar-refractivity contribution is 7.80. The molecule has 0 saturated carbocycles. The first-order valence-electron chi connectivity index (χ1n) is 7.95. The van der Waals surface area contributed by atoms with Crippen molar-refractivity contribution in [2.45, 2.75) is 11.6 Å². The maximum absolute atomic E-state index is 14.0. The molecule has 0 aliphatic heterocycles. The van der Waals surface area contributed by atoms with Crippen LogP contribution < -0.4 is 0 Å². The monoisotopic (exact) mass is 377 g/mol. The molecule has 4 rings (SSSR count). The Morgan fingerprint density at radius 2 is 1.89 bits per heavy atom. The average molecular weight is 377 g/mol. The third-order valence-electron chi connectivity index (χ3n) is 3.93. The van der Waals surface area contributed by atoms with E-state index in [1.54, 1.807) is 30.3 Å². The Kier molecular flexibility index (Phi) is 4.40. The lowest BCUT2D eigenvalue weighted by molar-refractivity contribution is 0.573. The van der Waals surface area contributed by atoms with Gasteiger partial charge in [-0.25, -0.2) is 9.07 Å². The molecule has 0 N–H and O–H groups in total. The van der Waals surface area contributed by atoms with E-state index in [1.807, 2.05) is 12.1 Å². The zero-order chi connectivity index (χ0) is 18.8. The minimum absolute atomic E-state index is 0.290. The maximum Gasteiger partial charge on any atom is 0.209 e. The lowest BCUT2D eigenvalue weighted by atomic mass is 10.1. The zero-order valence-corrected chi connectivity index (χ0v) is 14.8. The fraction of sp³-hybridized carbons (Fsp3) is 0.0556. The molecule has 27 heavy (non-hydrogen) atoms. The van der Waals surface area contributed by atoms with Gasteiger partial charge in [0.25, 0.3) is 0 Å². The summed E-state index contributed by atoms with van der Waals surface area (Å²) in [5.41, 5.74) is 2.36. The lowest BCUT2D eigenvalue weighted by Crippen LogP contribution is -2.04. The SMILES string of the molecule is N#Cc1ccc(Cn2nnc(-c3cnn(-c4ccccc4F)c3S)n2)cc1. The van der Waals surface area contributed by atoms with Crippen LogP contribution in [-0.2, 0) is 6.54 Å². The molecular weight excluding hydrogens is 365 g/mol. The van der Waals surface area contributed by atoms with E-state index in [0.717, 1.165) is 5.56 Å². The van der Waals surface area contributed by atoms with E-state index < -0.39 is 5.82 Å². The summed E-state index contributed by atoms with van der Waals surface area (Å²) in [6.07, 6.45) is 1.53. The van der Waals surface area contributed by atoms with Crippen LogP contribution in [0.4, 0.5) is 4.39 Å². The van der Waals surface area contributed by atoms with Crippen molar-refractivity contribution < 1.29 is 4.39 Å². The summed E-state index contributed by atoms with van der Waals surface area (Å²) in [6, 6.07) is 15.5. The molecule has 0 radical (unpaired) electrons. The highest BCUT2D eigenvalue weighted by atomic mass is 32.1. The average Bonchev–Trinajstić information content (AvgIpc) is 3.29. The number of tetrazole rings is 1. The number of benzene rings is 2. The smallest absolute Gasteiger partial charge is 0.209 e. The second-order valence-electron chi connectivity index (χ2n) is 5.70. The molecule has 7 nitrogen and oxygen atoms in total. The molecule has 2 heterocycles. The third-order valence-corrected chi connectivity index (χ3v) is 4.36. The number of thiol groups is 1. The number of nitriles is 1. The van der Waals surface area contributed by atoms with Crippen molar-refractivity contribution in [1.29, 1.82) is 5.26 Å². The topological polar surface area (TPSA) is 85.2 Å². The molecule has 0 amide bonds. The first-order valence-corrected chi connectivity index (χ1v) is 8.39. The molecule has 4 aromatic rings. The second kappa shape index (κ2) is 7.01. The van der Waals surface area contributed by atoms with Gasteiger partial charge in [-0.2, -0.15) is 15.2 Å². The summed E-state index contributed by atoms with van der Waals surface area (Å²) in [4.78, 5) is 1.43. The van der Waals surface area contributed by atoms with Crippen LogP contribution in [0.25, 0.3) is 17.1 Å². The van der Waals surface area contributed by atoms with Crippen molar-refractivity contribution in [3.05, 3.63) is 71.7 Å². The van der Waals surface area contributed by atoms with Gasteiger partial charge in [0.05, 0.1) is 29.9 Å². The van der Waals surface area contributed by atoms with Crippen LogP contribution in [0, 0.1) is 17.1 Å². The molecule has 2 aromatic heterocycles. The van der Waals surface area contributed by atoms with Gasteiger partial charge >= 0.3 is 0 Å². The molecule has 132 valence electrons.